The molecule has 0 spiro atoms. The summed E-state index contributed by atoms with van der Waals surface area (Å²) in [7, 11) is 0. The van der Waals surface area contributed by atoms with Crippen LogP contribution in [-0.2, 0) is 0 Å². The molecule has 19 heavy (non-hydrogen) atoms. The number of aryl methyl sites for hydroxylation is 1. The van der Waals surface area contributed by atoms with Crippen molar-refractivity contribution in [3.8, 4) is 0 Å². The van der Waals surface area contributed by atoms with Gasteiger partial charge in [0, 0.05) is 24.3 Å². The number of rotatable bonds is 4. The topological polar surface area (TPSA) is 50.5 Å². The first kappa shape index (κ1) is 12.6. The van der Waals surface area contributed by atoms with Gasteiger partial charge in [0.2, 0.25) is 10.1 Å². The van der Waals surface area contributed by atoms with Crippen molar-refractivity contribution in [2.24, 2.45) is 5.92 Å². The average molecular weight is 278 g/mol. The first-order chi connectivity index (χ1) is 9.04. The van der Waals surface area contributed by atoms with Crippen LogP contribution in [0.5, 0.6) is 0 Å². The van der Waals surface area contributed by atoms with E-state index >= 15 is 0 Å². The molecule has 2 aromatic rings. The third-order valence-corrected chi connectivity index (χ3v) is 4.10. The van der Waals surface area contributed by atoms with Gasteiger partial charge < -0.3 is 4.90 Å². The van der Waals surface area contributed by atoms with E-state index in [0.29, 0.717) is 16.9 Å². The van der Waals surface area contributed by atoms with Crippen LogP contribution in [0.3, 0.4) is 0 Å². The van der Waals surface area contributed by atoms with Gasteiger partial charge in [-0.2, -0.15) is 4.52 Å². The van der Waals surface area contributed by atoms with E-state index in [0.717, 1.165) is 17.4 Å². The van der Waals surface area contributed by atoms with Crippen molar-refractivity contribution in [3.05, 3.63) is 22.1 Å². The number of nitrogens with zero attached hydrogens (tertiary/aromatic N) is 4. The lowest BCUT2D eigenvalue weighted by Gasteiger charge is -2.22. The highest BCUT2D eigenvalue weighted by molar-refractivity contribution is 7.20. The molecule has 0 bridgehead atoms. The fourth-order valence-corrected chi connectivity index (χ4v) is 3.22. The maximum atomic E-state index is 11.9. The summed E-state index contributed by atoms with van der Waals surface area (Å²) in [5.41, 5.74) is 0.660. The standard InChI is InChI=1S/C13H18N4OS/c1-8(2)7-16(10-4-5-10)13-15-17-11(18)6-9(3)14-12(17)19-13/h6,8,10H,4-5,7H2,1-3H3. The number of fused-ring (bicyclic) bond motifs is 1. The summed E-state index contributed by atoms with van der Waals surface area (Å²) in [5.74, 6) is 0.582. The van der Waals surface area contributed by atoms with Crippen LogP contribution < -0.4 is 10.5 Å². The van der Waals surface area contributed by atoms with Crippen molar-refractivity contribution in [1.29, 1.82) is 0 Å². The van der Waals surface area contributed by atoms with Crippen molar-refractivity contribution in [2.75, 3.05) is 11.4 Å². The zero-order chi connectivity index (χ0) is 13.6. The Bertz CT molecular complexity index is 656. The lowest BCUT2D eigenvalue weighted by Crippen LogP contribution is -2.30. The van der Waals surface area contributed by atoms with E-state index in [1.807, 2.05) is 6.92 Å². The van der Waals surface area contributed by atoms with Gasteiger partial charge in [-0.05, 0) is 25.7 Å². The molecule has 0 N–H and O–H groups in total. The fraction of sp³-hybridized carbons (Fsp3) is 0.615. The van der Waals surface area contributed by atoms with Crippen LogP contribution >= 0.6 is 11.3 Å². The van der Waals surface area contributed by atoms with Crippen LogP contribution in [0, 0.1) is 12.8 Å². The molecule has 0 saturated heterocycles. The summed E-state index contributed by atoms with van der Waals surface area (Å²) < 4.78 is 1.42. The molecule has 1 aliphatic carbocycles. The van der Waals surface area contributed by atoms with Crippen LogP contribution in [0.1, 0.15) is 32.4 Å². The van der Waals surface area contributed by atoms with Gasteiger partial charge in [-0.3, -0.25) is 4.79 Å². The molecule has 0 radical (unpaired) electrons. The van der Waals surface area contributed by atoms with Crippen LogP contribution in [0.2, 0.25) is 0 Å². The maximum absolute atomic E-state index is 11.9. The molecule has 102 valence electrons. The predicted octanol–water partition coefficient (Wildman–Crippen LogP) is 2.08. The van der Waals surface area contributed by atoms with Gasteiger partial charge in [-0.15, -0.1) is 5.10 Å². The molecule has 2 heterocycles. The molecule has 0 amide bonds. The minimum Gasteiger partial charge on any atom is -0.343 e. The van der Waals surface area contributed by atoms with Crippen molar-refractivity contribution in [2.45, 2.75) is 39.7 Å². The molecule has 0 unspecified atom stereocenters. The highest BCUT2D eigenvalue weighted by atomic mass is 32.1. The summed E-state index contributed by atoms with van der Waals surface area (Å²) in [4.78, 5) is 19.3. The van der Waals surface area contributed by atoms with Gasteiger partial charge in [-0.1, -0.05) is 25.2 Å². The second kappa shape index (κ2) is 4.59. The van der Waals surface area contributed by atoms with Crippen LogP contribution in [-0.4, -0.2) is 27.2 Å². The highest BCUT2D eigenvalue weighted by Crippen LogP contribution is 2.34. The molecular formula is C13H18N4OS. The number of hydrogen-bond donors (Lipinski definition) is 0. The molecular weight excluding hydrogens is 260 g/mol. The van der Waals surface area contributed by atoms with E-state index in [4.69, 9.17) is 0 Å². The summed E-state index contributed by atoms with van der Waals surface area (Å²) in [6, 6.07) is 2.13. The van der Waals surface area contributed by atoms with E-state index in [1.165, 1.54) is 34.8 Å². The smallest absolute Gasteiger partial charge is 0.275 e. The van der Waals surface area contributed by atoms with Gasteiger partial charge in [-0.25, -0.2) is 4.98 Å². The fourth-order valence-electron chi connectivity index (χ4n) is 2.19. The zero-order valence-corrected chi connectivity index (χ0v) is 12.3. The molecule has 0 atom stereocenters. The number of hydrogen-bond acceptors (Lipinski definition) is 5. The average Bonchev–Trinajstić information content (AvgIpc) is 3.06. The van der Waals surface area contributed by atoms with Crippen molar-refractivity contribution in [1.82, 2.24) is 14.6 Å². The minimum absolute atomic E-state index is 0.0923. The van der Waals surface area contributed by atoms with E-state index in [1.54, 1.807) is 0 Å². The van der Waals surface area contributed by atoms with Gasteiger partial charge in [0.1, 0.15) is 0 Å². The first-order valence-electron chi connectivity index (χ1n) is 6.69. The van der Waals surface area contributed by atoms with Gasteiger partial charge >= 0.3 is 0 Å². The maximum Gasteiger partial charge on any atom is 0.275 e. The Kier molecular flexibility index (Phi) is 3.05. The Morgan fingerprint density at radius 2 is 2.26 bits per heavy atom. The van der Waals surface area contributed by atoms with Gasteiger partial charge in [0.15, 0.2) is 0 Å². The van der Waals surface area contributed by atoms with Crippen LogP contribution in [0.4, 0.5) is 5.13 Å². The summed E-state index contributed by atoms with van der Waals surface area (Å²) >= 11 is 1.51. The second-order valence-electron chi connectivity index (χ2n) is 5.59. The molecule has 1 fully saturated rings. The third-order valence-electron chi connectivity index (χ3n) is 3.16. The monoisotopic (exact) mass is 278 g/mol. The quantitative estimate of drug-likeness (QED) is 0.859. The molecule has 5 nitrogen and oxygen atoms in total. The second-order valence-corrected chi connectivity index (χ2v) is 6.53. The number of aromatic nitrogens is 3. The minimum atomic E-state index is -0.0923. The predicted molar refractivity (Wildman–Crippen MR) is 77.1 cm³/mol. The summed E-state index contributed by atoms with van der Waals surface area (Å²) in [6.45, 7) is 7.24. The van der Waals surface area contributed by atoms with E-state index in [9.17, 15) is 4.79 Å². The van der Waals surface area contributed by atoms with Gasteiger partial charge in [0.25, 0.3) is 5.56 Å². The molecule has 0 aliphatic heterocycles. The largest absolute Gasteiger partial charge is 0.343 e. The number of anilines is 1. The SMILES string of the molecule is Cc1cc(=O)n2nc(N(CC(C)C)C3CC3)sc2n1. The molecule has 1 saturated carbocycles. The molecule has 2 aromatic heterocycles. The molecule has 0 aromatic carbocycles. The Morgan fingerprint density at radius 3 is 2.89 bits per heavy atom. The molecule has 3 rings (SSSR count). The van der Waals surface area contributed by atoms with E-state index in [-0.39, 0.29) is 5.56 Å². The third kappa shape index (κ3) is 2.49. The summed E-state index contributed by atoms with van der Waals surface area (Å²) in [5, 5.41) is 5.38. The van der Waals surface area contributed by atoms with E-state index < -0.39 is 0 Å². The Morgan fingerprint density at radius 1 is 1.53 bits per heavy atom. The zero-order valence-electron chi connectivity index (χ0n) is 11.5. The molecule has 6 heteroatoms. The molecule has 1 aliphatic rings. The lowest BCUT2D eigenvalue weighted by molar-refractivity contribution is 0.603. The van der Waals surface area contributed by atoms with Crippen molar-refractivity contribution >= 4 is 21.4 Å². The highest BCUT2D eigenvalue weighted by Gasteiger charge is 2.31. The Hall–Kier alpha value is -1.43. The lowest BCUT2D eigenvalue weighted by atomic mass is 10.2. The summed E-state index contributed by atoms with van der Waals surface area (Å²) in [6.07, 6.45) is 2.45. The van der Waals surface area contributed by atoms with Gasteiger partial charge in [0.05, 0.1) is 0 Å². The van der Waals surface area contributed by atoms with Crippen molar-refractivity contribution < 1.29 is 0 Å². The normalized spacial score (nSPS) is 15.4. The van der Waals surface area contributed by atoms with Crippen molar-refractivity contribution in [3.63, 3.8) is 0 Å². The van der Waals surface area contributed by atoms with Crippen LogP contribution in [0.25, 0.3) is 4.96 Å². The van der Waals surface area contributed by atoms with E-state index in [2.05, 4.69) is 28.8 Å². The first-order valence-corrected chi connectivity index (χ1v) is 7.50. The Labute approximate surface area is 115 Å². The Balaban J connectivity index is 2.03. The van der Waals surface area contributed by atoms with Crippen LogP contribution in [0.15, 0.2) is 10.9 Å².